The number of aromatic nitrogens is 2. The first kappa shape index (κ1) is 13.2. The van der Waals surface area contributed by atoms with Gasteiger partial charge < -0.3 is 10.5 Å². The van der Waals surface area contributed by atoms with Crippen LogP contribution >= 0.6 is 12.2 Å². The molecule has 2 N–H and O–H groups in total. The molecule has 98 valence electrons. The third-order valence-electron chi connectivity index (χ3n) is 2.50. The molecule has 0 aliphatic rings. The third kappa shape index (κ3) is 3.38. The molecule has 19 heavy (non-hydrogen) atoms. The van der Waals surface area contributed by atoms with E-state index in [2.05, 4.69) is 5.10 Å². The molecule has 0 bridgehead atoms. The van der Waals surface area contributed by atoms with Gasteiger partial charge >= 0.3 is 0 Å². The second kappa shape index (κ2) is 6.10. The maximum Gasteiger partial charge on any atom is 0.266 e. The average Bonchev–Trinajstić information content (AvgIpc) is 2.41. The molecule has 0 amide bonds. The molecule has 0 atom stereocenters. The Morgan fingerprint density at radius 1 is 1.32 bits per heavy atom. The third-order valence-corrected chi connectivity index (χ3v) is 2.72. The van der Waals surface area contributed by atoms with Gasteiger partial charge in [0.15, 0.2) is 0 Å². The predicted octanol–water partition coefficient (Wildman–Crippen LogP) is 0.956. The minimum atomic E-state index is -0.159. The van der Waals surface area contributed by atoms with Crippen LogP contribution in [-0.4, -0.2) is 21.4 Å². The maximum atomic E-state index is 11.4. The molecule has 0 radical (unpaired) electrons. The lowest BCUT2D eigenvalue weighted by molar-refractivity contribution is 0.287. The molecule has 0 unspecified atom stereocenters. The van der Waals surface area contributed by atoms with Crippen LogP contribution in [0, 0.1) is 0 Å². The highest BCUT2D eigenvalue weighted by molar-refractivity contribution is 7.80. The Bertz CT molecular complexity index is 640. The highest BCUT2D eigenvalue weighted by atomic mass is 32.1. The predicted molar refractivity (Wildman–Crippen MR) is 76.3 cm³/mol. The maximum absolute atomic E-state index is 11.4. The Kier molecular flexibility index (Phi) is 4.25. The molecule has 0 saturated heterocycles. The summed E-state index contributed by atoms with van der Waals surface area (Å²) in [6.07, 6.45) is 1.56. The normalized spacial score (nSPS) is 10.1. The summed E-state index contributed by atoms with van der Waals surface area (Å²) in [5.74, 6) is 0.610. The number of hydrogen-bond donors (Lipinski definition) is 1. The highest BCUT2D eigenvalue weighted by Crippen LogP contribution is 2.17. The lowest BCUT2D eigenvalue weighted by Gasteiger charge is -2.10. The topological polar surface area (TPSA) is 70.1 Å². The minimum absolute atomic E-state index is 0.159. The fourth-order valence-corrected chi connectivity index (χ4v) is 1.76. The van der Waals surface area contributed by atoms with Gasteiger partial charge in [0.25, 0.3) is 5.56 Å². The first-order valence-corrected chi connectivity index (χ1v) is 6.13. The van der Waals surface area contributed by atoms with E-state index in [9.17, 15) is 4.79 Å². The van der Waals surface area contributed by atoms with E-state index in [1.807, 2.05) is 12.1 Å². The van der Waals surface area contributed by atoms with E-state index >= 15 is 0 Å². The van der Waals surface area contributed by atoms with Crippen molar-refractivity contribution >= 4 is 17.2 Å². The zero-order valence-electron chi connectivity index (χ0n) is 10.2. The van der Waals surface area contributed by atoms with Crippen LogP contribution < -0.4 is 16.0 Å². The lowest BCUT2D eigenvalue weighted by atomic mass is 10.2. The zero-order valence-corrected chi connectivity index (χ0v) is 11.0. The van der Waals surface area contributed by atoms with Crippen LogP contribution in [0.2, 0.25) is 0 Å². The molecule has 2 aromatic rings. The van der Waals surface area contributed by atoms with E-state index in [0.717, 1.165) is 0 Å². The Balaban J connectivity index is 2.02. The van der Waals surface area contributed by atoms with E-state index in [1.165, 1.54) is 10.7 Å². The largest absolute Gasteiger partial charge is 0.491 e. The molecule has 1 heterocycles. The summed E-state index contributed by atoms with van der Waals surface area (Å²) in [6.45, 7) is 0.682. The van der Waals surface area contributed by atoms with Crippen molar-refractivity contribution in [3.05, 3.63) is 58.5 Å². The molecule has 0 aliphatic heterocycles. The van der Waals surface area contributed by atoms with E-state index < -0.39 is 0 Å². The average molecular weight is 275 g/mol. The lowest BCUT2D eigenvalue weighted by Crippen LogP contribution is -2.24. The molecular weight excluding hydrogens is 262 g/mol. The van der Waals surface area contributed by atoms with Crippen molar-refractivity contribution in [1.82, 2.24) is 9.78 Å². The van der Waals surface area contributed by atoms with Crippen LogP contribution in [0.25, 0.3) is 0 Å². The fourth-order valence-electron chi connectivity index (χ4n) is 1.59. The van der Waals surface area contributed by atoms with Gasteiger partial charge in [-0.05, 0) is 18.2 Å². The Labute approximate surface area is 115 Å². The van der Waals surface area contributed by atoms with Crippen molar-refractivity contribution in [2.45, 2.75) is 6.54 Å². The molecule has 0 saturated carbocycles. The van der Waals surface area contributed by atoms with Gasteiger partial charge in [0.2, 0.25) is 0 Å². The van der Waals surface area contributed by atoms with Crippen molar-refractivity contribution in [1.29, 1.82) is 0 Å². The number of benzene rings is 1. The second-order valence-electron chi connectivity index (χ2n) is 3.79. The van der Waals surface area contributed by atoms with Crippen LogP contribution in [0.4, 0.5) is 0 Å². The van der Waals surface area contributed by atoms with E-state index in [0.29, 0.717) is 24.5 Å². The molecular formula is C13H13N3O2S. The van der Waals surface area contributed by atoms with Crippen LogP contribution in [-0.2, 0) is 6.54 Å². The number of nitrogens with two attached hydrogens (primary N) is 1. The van der Waals surface area contributed by atoms with Crippen LogP contribution in [0.5, 0.6) is 5.75 Å². The minimum Gasteiger partial charge on any atom is -0.491 e. The summed E-state index contributed by atoms with van der Waals surface area (Å²) in [6, 6.07) is 10.3. The summed E-state index contributed by atoms with van der Waals surface area (Å²) in [5, 5.41) is 3.94. The van der Waals surface area contributed by atoms with Gasteiger partial charge in [-0.2, -0.15) is 5.10 Å². The van der Waals surface area contributed by atoms with Crippen LogP contribution in [0.3, 0.4) is 0 Å². The fraction of sp³-hybridized carbons (Fsp3) is 0.154. The summed E-state index contributed by atoms with van der Waals surface area (Å²) in [4.78, 5) is 11.7. The van der Waals surface area contributed by atoms with Crippen LogP contribution in [0.1, 0.15) is 5.56 Å². The van der Waals surface area contributed by atoms with Crippen LogP contribution in [0.15, 0.2) is 47.4 Å². The Hall–Kier alpha value is -2.21. The van der Waals surface area contributed by atoms with Crippen molar-refractivity contribution in [2.75, 3.05) is 6.61 Å². The standard InChI is InChI=1S/C13H13N3O2S/c14-13(19)10-4-1-2-5-11(10)18-9-8-16-12(17)6-3-7-15-16/h1-7H,8-9H2,(H2,14,19). The molecule has 1 aromatic heterocycles. The highest BCUT2D eigenvalue weighted by Gasteiger charge is 2.05. The Morgan fingerprint density at radius 3 is 2.84 bits per heavy atom. The number of thiocarbonyl (C=S) groups is 1. The van der Waals surface area contributed by atoms with E-state index in [-0.39, 0.29) is 10.5 Å². The summed E-state index contributed by atoms with van der Waals surface area (Å²) < 4.78 is 6.93. The molecule has 6 heteroatoms. The Morgan fingerprint density at radius 2 is 2.11 bits per heavy atom. The molecule has 0 fully saturated rings. The van der Waals surface area contributed by atoms with Crippen molar-refractivity contribution in [3.63, 3.8) is 0 Å². The van der Waals surface area contributed by atoms with Gasteiger partial charge in [0.05, 0.1) is 12.1 Å². The quantitative estimate of drug-likeness (QED) is 0.823. The van der Waals surface area contributed by atoms with Crippen molar-refractivity contribution in [3.8, 4) is 5.75 Å². The van der Waals surface area contributed by atoms with Crippen molar-refractivity contribution in [2.24, 2.45) is 5.73 Å². The van der Waals surface area contributed by atoms with Gasteiger partial charge in [-0.1, -0.05) is 24.4 Å². The molecule has 1 aromatic carbocycles. The molecule has 2 rings (SSSR count). The molecule has 0 spiro atoms. The summed E-state index contributed by atoms with van der Waals surface area (Å²) in [7, 11) is 0. The number of para-hydroxylation sites is 1. The van der Waals surface area contributed by atoms with Crippen molar-refractivity contribution < 1.29 is 4.74 Å². The zero-order chi connectivity index (χ0) is 13.7. The van der Waals surface area contributed by atoms with Gasteiger partial charge in [0, 0.05) is 12.3 Å². The second-order valence-corrected chi connectivity index (χ2v) is 4.23. The number of hydrogen-bond acceptors (Lipinski definition) is 4. The van der Waals surface area contributed by atoms with Gasteiger partial charge in [-0.3, -0.25) is 4.79 Å². The molecule has 5 nitrogen and oxygen atoms in total. The SMILES string of the molecule is NC(=S)c1ccccc1OCCn1ncccc1=O. The monoisotopic (exact) mass is 275 g/mol. The number of nitrogens with zero attached hydrogens (tertiary/aromatic N) is 2. The van der Waals surface area contributed by atoms with E-state index in [1.54, 1.807) is 24.4 Å². The number of rotatable bonds is 5. The smallest absolute Gasteiger partial charge is 0.266 e. The molecule has 0 aliphatic carbocycles. The first-order valence-electron chi connectivity index (χ1n) is 5.72. The van der Waals surface area contributed by atoms with Gasteiger partial charge in [0.1, 0.15) is 17.3 Å². The van der Waals surface area contributed by atoms with Gasteiger partial charge in [-0.15, -0.1) is 0 Å². The summed E-state index contributed by atoms with van der Waals surface area (Å²) in [5.41, 5.74) is 6.13. The number of ether oxygens (including phenoxy) is 1. The first-order chi connectivity index (χ1) is 9.18. The summed E-state index contributed by atoms with van der Waals surface area (Å²) >= 11 is 4.94. The van der Waals surface area contributed by atoms with E-state index in [4.69, 9.17) is 22.7 Å². The van der Waals surface area contributed by atoms with Gasteiger partial charge in [-0.25, -0.2) is 4.68 Å².